The van der Waals surface area contributed by atoms with E-state index in [4.69, 9.17) is 9.47 Å². The first-order valence-corrected chi connectivity index (χ1v) is 8.42. The molecule has 0 amide bonds. The number of methoxy groups -OCH3 is 1. The molecule has 0 aromatic heterocycles. The van der Waals surface area contributed by atoms with Crippen molar-refractivity contribution in [1.29, 1.82) is 0 Å². The Kier molecular flexibility index (Phi) is 4.99. The summed E-state index contributed by atoms with van der Waals surface area (Å²) < 4.78 is 10.8. The molecule has 0 aliphatic carbocycles. The lowest BCUT2D eigenvalue weighted by Gasteiger charge is -2.43. The van der Waals surface area contributed by atoms with Gasteiger partial charge in [-0.1, -0.05) is 24.3 Å². The van der Waals surface area contributed by atoms with Crippen molar-refractivity contribution < 1.29 is 9.47 Å². The monoisotopic (exact) mass is 293 g/mol. The highest BCUT2D eigenvalue weighted by molar-refractivity contribution is 8.00. The molecule has 0 unspecified atom stereocenters. The lowest BCUT2D eigenvalue weighted by atomic mass is 10.0. The van der Waals surface area contributed by atoms with Gasteiger partial charge in [0.25, 0.3) is 0 Å². The lowest BCUT2D eigenvalue weighted by molar-refractivity contribution is 0.0351. The van der Waals surface area contributed by atoms with Crippen molar-refractivity contribution in [1.82, 2.24) is 4.90 Å². The summed E-state index contributed by atoms with van der Waals surface area (Å²) in [6.07, 6.45) is 1.18. The Morgan fingerprint density at radius 3 is 2.90 bits per heavy atom. The van der Waals surface area contributed by atoms with Gasteiger partial charge in [0.1, 0.15) is 0 Å². The molecule has 2 fully saturated rings. The molecule has 3 nitrogen and oxygen atoms in total. The van der Waals surface area contributed by atoms with E-state index in [1.165, 1.54) is 29.8 Å². The zero-order chi connectivity index (χ0) is 13.8. The Hall–Kier alpha value is -0.550. The maximum absolute atomic E-state index is 5.62. The molecule has 1 aromatic rings. The van der Waals surface area contributed by atoms with Crippen molar-refractivity contribution in [3.8, 4) is 0 Å². The van der Waals surface area contributed by atoms with Crippen LogP contribution in [0.1, 0.15) is 17.5 Å². The molecule has 2 saturated heterocycles. The van der Waals surface area contributed by atoms with E-state index in [-0.39, 0.29) is 0 Å². The van der Waals surface area contributed by atoms with Crippen LogP contribution in [-0.4, -0.2) is 48.8 Å². The number of hydrogen-bond acceptors (Lipinski definition) is 4. The second-order valence-corrected chi connectivity index (χ2v) is 6.91. The molecule has 0 spiro atoms. The highest BCUT2D eigenvalue weighted by atomic mass is 32.2. The van der Waals surface area contributed by atoms with E-state index in [0.29, 0.717) is 17.9 Å². The molecule has 3 rings (SSSR count). The number of benzene rings is 1. The summed E-state index contributed by atoms with van der Waals surface area (Å²) in [4.78, 5) is 2.65. The third-order valence-corrected chi connectivity index (χ3v) is 5.46. The minimum absolute atomic E-state index is 0.672. The molecule has 1 aromatic carbocycles. The average molecular weight is 293 g/mol. The van der Waals surface area contributed by atoms with Crippen LogP contribution in [0.5, 0.6) is 0 Å². The van der Waals surface area contributed by atoms with Crippen molar-refractivity contribution >= 4 is 11.8 Å². The fraction of sp³-hybridized carbons (Fsp3) is 0.625. The van der Waals surface area contributed by atoms with Crippen molar-refractivity contribution in [2.24, 2.45) is 0 Å². The van der Waals surface area contributed by atoms with Gasteiger partial charge >= 0.3 is 0 Å². The van der Waals surface area contributed by atoms with E-state index in [1.54, 1.807) is 7.11 Å². The van der Waals surface area contributed by atoms with Crippen LogP contribution in [0.3, 0.4) is 0 Å². The Morgan fingerprint density at radius 1 is 1.30 bits per heavy atom. The zero-order valence-electron chi connectivity index (χ0n) is 12.1. The molecule has 20 heavy (non-hydrogen) atoms. The van der Waals surface area contributed by atoms with E-state index in [1.807, 2.05) is 0 Å². The van der Waals surface area contributed by atoms with Gasteiger partial charge < -0.3 is 9.47 Å². The summed E-state index contributed by atoms with van der Waals surface area (Å²) >= 11 is 2.09. The highest BCUT2D eigenvalue weighted by Crippen LogP contribution is 2.31. The van der Waals surface area contributed by atoms with Gasteiger partial charge in [-0.2, -0.15) is 11.8 Å². The van der Waals surface area contributed by atoms with Crippen molar-refractivity contribution in [3.63, 3.8) is 0 Å². The quantitative estimate of drug-likeness (QED) is 0.850. The largest absolute Gasteiger partial charge is 0.380 e. The lowest BCUT2D eigenvalue weighted by Crippen LogP contribution is -2.51. The van der Waals surface area contributed by atoms with Gasteiger partial charge in [-0.05, 0) is 17.5 Å². The third-order valence-electron chi connectivity index (χ3n) is 4.17. The first kappa shape index (κ1) is 14.4. The van der Waals surface area contributed by atoms with Gasteiger partial charge in [0.2, 0.25) is 0 Å². The van der Waals surface area contributed by atoms with Crippen LogP contribution in [0.25, 0.3) is 0 Å². The van der Waals surface area contributed by atoms with Gasteiger partial charge in [0, 0.05) is 43.9 Å². The van der Waals surface area contributed by atoms with Crippen LogP contribution in [0.15, 0.2) is 24.3 Å². The summed E-state index contributed by atoms with van der Waals surface area (Å²) in [5, 5.41) is 0.672. The normalized spacial score (nSPS) is 27.2. The average Bonchev–Trinajstić information content (AvgIpc) is 2.50. The van der Waals surface area contributed by atoms with Crippen LogP contribution < -0.4 is 0 Å². The predicted molar refractivity (Wildman–Crippen MR) is 83.0 cm³/mol. The summed E-state index contributed by atoms with van der Waals surface area (Å²) in [5.41, 5.74) is 2.65. The third kappa shape index (κ3) is 3.37. The molecule has 0 bridgehead atoms. The number of rotatable bonds is 4. The van der Waals surface area contributed by atoms with Gasteiger partial charge in [-0.15, -0.1) is 0 Å². The molecule has 2 aliphatic heterocycles. The van der Waals surface area contributed by atoms with Gasteiger partial charge in [-0.3, -0.25) is 4.90 Å². The molecule has 4 heteroatoms. The minimum atomic E-state index is 0.672. The summed E-state index contributed by atoms with van der Waals surface area (Å²) in [7, 11) is 1.74. The fourth-order valence-electron chi connectivity index (χ4n) is 3.10. The summed E-state index contributed by atoms with van der Waals surface area (Å²) in [6.45, 7) is 4.81. The van der Waals surface area contributed by atoms with E-state index < -0.39 is 0 Å². The number of ether oxygens (including phenoxy) is 2. The van der Waals surface area contributed by atoms with Crippen molar-refractivity contribution in [2.75, 3.05) is 32.6 Å². The van der Waals surface area contributed by atoms with Crippen molar-refractivity contribution in [2.45, 2.75) is 30.9 Å². The molecule has 2 heterocycles. The SMILES string of the molecule is COCc1ccc(CN2CCS[C@H]3COCC[C@H]32)cc1. The molecule has 0 saturated carbocycles. The second kappa shape index (κ2) is 6.94. The molecular formula is C16H23NO2S. The first-order valence-electron chi connectivity index (χ1n) is 7.37. The maximum atomic E-state index is 5.62. The first-order chi connectivity index (χ1) is 9.86. The van der Waals surface area contributed by atoms with Crippen LogP contribution >= 0.6 is 11.8 Å². The summed E-state index contributed by atoms with van der Waals surface area (Å²) in [5.74, 6) is 1.23. The molecule has 2 aliphatic rings. The Balaban J connectivity index is 1.63. The maximum Gasteiger partial charge on any atom is 0.0713 e. The molecular weight excluding hydrogens is 270 g/mol. The Bertz CT molecular complexity index is 421. The molecule has 0 radical (unpaired) electrons. The smallest absolute Gasteiger partial charge is 0.0713 e. The zero-order valence-corrected chi connectivity index (χ0v) is 12.9. The van der Waals surface area contributed by atoms with E-state index in [0.717, 1.165) is 19.8 Å². The van der Waals surface area contributed by atoms with Crippen LogP contribution in [-0.2, 0) is 22.6 Å². The van der Waals surface area contributed by atoms with E-state index in [2.05, 4.69) is 40.9 Å². The van der Waals surface area contributed by atoms with Crippen molar-refractivity contribution in [3.05, 3.63) is 35.4 Å². The summed E-state index contributed by atoms with van der Waals surface area (Å²) in [6, 6.07) is 9.54. The molecule has 110 valence electrons. The van der Waals surface area contributed by atoms with Gasteiger partial charge in [0.15, 0.2) is 0 Å². The highest BCUT2D eigenvalue weighted by Gasteiger charge is 2.34. The van der Waals surface area contributed by atoms with Gasteiger partial charge in [-0.25, -0.2) is 0 Å². The number of fused-ring (bicyclic) bond motifs is 1. The molecule has 0 N–H and O–H groups in total. The topological polar surface area (TPSA) is 21.7 Å². The van der Waals surface area contributed by atoms with Gasteiger partial charge in [0.05, 0.1) is 13.2 Å². The molecule has 2 atom stereocenters. The van der Waals surface area contributed by atoms with Crippen LogP contribution in [0, 0.1) is 0 Å². The fourth-order valence-corrected chi connectivity index (χ4v) is 4.47. The van der Waals surface area contributed by atoms with Crippen LogP contribution in [0.2, 0.25) is 0 Å². The second-order valence-electron chi connectivity index (χ2n) is 5.56. The Labute approximate surface area is 125 Å². The standard InChI is InChI=1S/C16H23NO2S/c1-18-11-14-4-2-13(3-5-14)10-17-7-9-20-16-12-19-8-6-15(16)17/h2-5,15-16H,6-12H2,1H3/t15-,16+/m1/s1. The number of thioether (sulfide) groups is 1. The number of hydrogen-bond donors (Lipinski definition) is 0. The number of nitrogens with zero attached hydrogens (tertiary/aromatic N) is 1. The predicted octanol–water partition coefficient (Wildman–Crippen LogP) is 2.54. The van der Waals surface area contributed by atoms with E-state index >= 15 is 0 Å². The minimum Gasteiger partial charge on any atom is -0.380 e. The van der Waals surface area contributed by atoms with E-state index in [9.17, 15) is 0 Å². The Morgan fingerprint density at radius 2 is 2.10 bits per heavy atom. The van der Waals surface area contributed by atoms with Crippen LogP contribution in [0.4, 0.5) is 0 Å².